The van der Waals surface area contributed by atoms with E-state index in [1.165, 1.54) is 0 Å². The molecule has 2 N–H and O–H groups in total. The molecule has 2 aromatic rings. The van der Waals surface area contributed by atoms with Crippen LogP contribution in [0.5, 0.6) is 0 Å². The molecule has 0 aliphatic carbocycles. The second-order valence-corrected chi connectivity index (χ2v) is 3.85. The van der Waals surface area contributed by atoms with Crippen LogP contribution in [-0.2, 0) is 6.42 Å². The number of H-pyrrole nitrogens is 1. The standard InChI is InChI=1S/C10H15N5O/c1-7(2)11-4-3-9-14-15-10(16-9)8-5-12-13-6-8/h5-7,11H,3-4H2,1-2H3,(H,12,13). The Bertz CT molecular complexity index is 420. The van der Waals surface area contributed by atoms with Crippen molar-refractivity contribution in [2.45, 2.75) is 26.3 Å². The number of aromatic amines is 1. The van der Waals surface area contributed by atoms with Crippen LogP contribution in [0.25, 0.3) is 11.5 Å². The summed E-state index contributed by atoms with van der Waals surface area (Å²) in [5.74, 6) is 1.15. The summed E-state index contributed by atoms with van der Waals surface area (Å²) < 4.78 is 5.49. The van der Waals surface area contributed by atoms with Gasteiger partial charge in [-0.3, -0.25) is 5.10 Å². The maximum atomic E-state index is 5.49. The van der Waals surface area contributed by atoms with Crippen molar-refractivity contribution in [2.24, 2.45) is 0 Å². The molecule has 2 heterocycles. The molecular formula is C10H15N5O. The Morgan fingerprint density at radius 2 is 2.31 bits per heavy atom. The minimum absolute atomic E-state index is 0.469. The summed E-state index contributed by atoms with van der Waals surface area (Å²) in [6.45, 7) is 5.04. The molecule has 0 aliphatic rings. The molecule has 86 valence electrons. The summed E-state index contributed by atoms with van der Waals surface area (Å²) >= 11 is 0. The van der Waals surface area contributed by atoms with Crippen molar-refractivity contribution in [2.75, 3.05) is 6.54 Å². The third-order valence-corrected chi connectivity index (χ3v) is 2.10. The van der Waals surface area contributed by atoms with Crippen molar-refractivity contribution in [3.8, 4) is 11.5 Å². The Kier molecular flexibility index (Phi) is 3.31. The molecule has 0 atom stereocenters. The van der Waals surface area contributed by atoms with E-state index in [9.17, 15) is 0 Å². The molecule has 0 unspecified atom stereocenters. The number of rotatable bonds is 5. The topological polar surface area (TPSA) is 79.6 Å². The molecule has 16 heavy (non-hydrogen) atoms. The Morgan fingerprint density at radius 1 is 1.44 bits per heavy atom. The van der Waals surface area contributed by atoms with E-state index in [0.717, 1.165) is 18.5 Å². The monoisotopic (exact) mass is 221 g/mol. The Labute approximate surface area is 93.5 Å². The van der Waals surface area contributed by atoms with Gasteiger partial charge in [-0.1, -0.05) is 13.8 Å². The van der Waals surface area contributed by atoms with Crippen molar-refractivity contribution in [3.05, 3.63) is 18.3 Å². The molecular weight excluding hydrogens is 206 g/mol. The van der Waals surface area contributed by atoms with E-state index in [1.54, 1.807) is 12.4 Å². The summed E-state index contributed by atoms with van der Waals surface area (Å²) in [5.41, 5.74) is 0.815. The van der Waals surface area contributed by atoms with E-state index in [1.807, 2.05) is 0 Å². The molecule has 0 saturated heterocycles. The number of nitrogens with one attached hydrogen (secondary N) is 2. The van der Waals surface area contributed by atoms with Crippen LogP contribution in [0.1, 0.15) is 19.7 Å². The lowest BCUT2D eigenvalue weighted by Gasteiger charge is -2.04. The maximum absolute atomic E-state index is 5.49. The van der Waals surface area contributed by atoms with Crippen molar-refractivity contribution >= 4 is 0 Å². The van der Waals surface area contributed by atoms with E-state index in [-0.39, 0.29) is 0 Å². The zero-order valence-electron chi connectivity index (χ0n) is 9.40. The van der Waals surface area contributed by atoms with Crippen molar-refractivity contribution in [1.82, 2.24) is 25.7 Å². The van der Waals surface area contributed by atoms with Gasteiger partial charge in [-0.25, -0.2) is 0 Å². The van der Waals surface area contributed by atoms with Crippen LogP contribution in [-0.4, -0.2) is 33.0 Å². The average molecular weight is 221 g/mol. The van der Waals surface area contributed by atoms with Crippen molar-refractivity contribution in [3.63, 3.8) is 0 Å². The fourth-order valence-electron chi connectivity index (χ4n) is 1.31. The van der Waals surface area contributed by atoms with E-state index >= 15 is 0 Å². The first kappa shape index (κ1) is 10.8. The highest BCUT2D eigenvalue weighted by Crippen LogP contribution is 2.15. The first-order chi connectivity index (χ1) is 7.75. The predicted octanol–water partition coefficient (Wildman–Crippen LogP) is 1.00. The molecule has 0 amide bonds. The Morgan fingerprint density at radius 3 is 3.00 bits per heavy atom. The van der Waals surface area contributed by atoms with Gasteiger partial charge in [-0.05, 0) is 0 Å². The number of nitrogens with zero attached hydrogens (tertiary/aromatic N) is 3. The lowest BCUT2D eigenvalue weighted by molar-refractivity contribution is 0.484. The summed E-state index contributed by atoms with van der Waals surface area (Å²) in [6, 6.07) is 0.469. The smallest absolute Gasteiger partial charge is 0.250 e. The molecule has 0 aromatic carbocycles. The van der Waals surface area contributed by atoms with Gasteiger partial charge in [0.05, 0.1) is 11.8 Å². The first-order valence-corrected chi connectivity index (χ1v) is 5.30. The summed E-state index contributed by atoms with van der Waals surface area (Å²) in [7, 11) is 0. The number of hydrogen-bond donors (Lipinski definition) is 2. The minimum Gasteiger partial charge on any atom is -0.421 e. The van der Waals surface area contributed by atoms with Crippen LogP contribution >= 0.6 is 0 Å². The van der Waals surface area contributed by atoms with Gasteiger partial charge in [0.15, 0.2) is 0 Å². The quantitative estimate of drug-likeness (QED) is 0.787. The molecule has 0 fully saturated rings. The largest absolute Gasteiger partial charge is 0.421 e. The summed E-state index contributed by atoms with van der Waals surface area (Å²) in [4.78, 5) is 0. The highest BCUT2D eigenvalue weighted by atomic mass is 16.4. The SMILES string of the molecule is CC(C)NCCc1nnc(-c2cn[nH]c2)o1. The van der Waals surface area contributed by atoms with Gasteiger partial charge in [0, 0.05) is 25.2 Å². The summed E-state index contributed by atoms with van der Waals surface area (Å²) in [5, 5.41) is 17.7. The molecule has 6 heteroatoms. The predicted molar refractivity (Wildman–Crippen MR) is 58.7 cm³/mol. The van der Waals surface area contributed by atoms with Crippen LogP contribution in [0.4, 0.5) is 0 Å². The van der Waals surface area contributed by atoms with Crippen molar-refractivity contribution < 1.29 is 4.42 Å². The highest BCUT2D eigenvalue weighted by Gasteiger charge is 2.08. The second kappa shape index (κ2) is 4.89. The van der Waals surface area contributed by atoms with E-state index in [4.69, 9.17) is 4.42 Å². The third-order valence-electron chi connectivity index (χ3n) is 2.10. The molecule has 0 aliphatic heterocycles. The van der Waals surface area contributed by atoms with Gasteiger partial charge in [0.2, 0.25) is 5.89 Å². The first-order valence-electron chi connectivity index (χ1n) is 5.30. The zero-order valence-corrected chi connectivity index (χ0v) is 9.40. The molecule has 2 aromatic heterocycles. The van der Waals surface area contributed by atoms with Crippen LogP contribution in [0, 0.1) is 0 Å². The molecule has 0 bridgehead atoms. The van der Waals surface area contributed by atoms with Crippen molar-refractivity contribution in [1.29, 1.82) is 0 Å². The second-order valence-electron chi connectivity index (χ2n) is 3.85. The van der Waals surface area contributed by atoms with Gasteiger partial charge in [0.25, 0.3) is 5.89 Å². The zero-order chi connectivity index (χ0) is 11.4. The van der Waals surface area contributed by atoms with Crippen LogP contribution in [0.15, 0.2) is 16.8 Å². The molecule has 0 radical (unpaired) electrons. The molecule has 0 spiro atoms. The van der Waals surface area contributed by atoms with Crippen LogP contribution in [0.2, 0.25) is 0 Å². The molecule has 0 saturated carbocycles. The Balaban J connectivity index is 1.93. The summed E-state index contributed by atoms with van der Waals surface area (Å²) in [6.07, 6.45) is 4.12. The van der Waals surface area contributed by atoms with Gasteiger partial charge in [-0.2, -0.15) is 5.10 Å². The normalized spacial score (nSPS) is 11.2. The fourth-order valence-corrected chi connectivity index (χ4v) is 1.31. The van der Waals surface area contributed by atoms with Gasteiger partial charge in [0.1, 0.15) is 0 Å². The third kappa shape index (κ3) is 2.66. The Hall–Kier alpha value is -1.69. The van der Waals surface area contributed by atoms with Crippen LogP contribution in [0.3, 0.4) is 0 Å². The van der Waals surface area contributed by atoms with Crippen LogP contribution < -0.4 is 5.32 Å². The maximum Gasteiger partial charge on any atom is 0.250 e. The van der Waals surface area contributed by atoms with Gasteiger partial charge in [-0.15, -0.1) is 10.2 Å². The number of aromatic nitrogens is 4. The minimum atomic E-state index is 0.469. The lowest BCUT2D eigenvalue weighted by atomic mass is 10.3. The van der Waals surface area contributed by atoms with E-state index in [2.05, 4.69) is 39.6 Å². The molecule has 2 rings (SSSR count). The average Bonchev–Trinajstić information content (AvgIpc) is 2.85. The lowest BCUT2D eigenvalue weighted by Crippen LogP contribution is -2.25. The fraction of sp³-hybridized carbons (Fsp3) is 0.500. The number of hydrogen-bond acceptors (Lipinski definition) is 5. The van der Waals surface area contributed by atoms with Gasteiger partial charge >= 0.3 is 0 Å². The molecule has 6 nitrogen and oxygen atoms in total. The highest BCUT2D eigenvalue weighted by molar-refractivity contribution is 5.48. The van der Waals surface area contributed by atoms with E-state index in [0.29, 0.717) is 17.8 Å². The van der Waals surface area contributed by atoms with E-state index < -0.39 is 0 Å². The van der Waals surface area contributed by atoms with Gasteiger partial charge < -0.3 is 9.73 Å².